The first-order valence-corrected chi connectivity index (χ1v) is 4.80. The van der Waals surface area contributed by atoms with Gasteiger partial charge in [-0.2, -0.15) is 0 Å². The van der Waals surface area contributed by atoms with E-state index in [0.29, 0.717) is 19.7 Å². The molecule has 0 spiro atoms. The van der Waals surface area contributed by atoms with E-state index in [0.717, 1.165) is 6.54 Å². The van der Waals surface area contributed by atoms with E-state index in [2.05, 4.69) is 0 Å². The SMILES string of the molecule is CCOC(=O)CCN1CCN(C)C1=O. The van der Waals surface area contributed by atoms with Crippen LogP contribution in [0.25, 0.3) is 0 Å². The maximum Gasteiger partial charge on any atom is 0.319 e. The third-order valence-electron chi connectivity index (χ3n) is 2.19. The van der Waals surface area contributed by atoms with Crippen molar-refractivity contribution in [1.29, 1.82) is 0 Å². The van der Waals surface area contributed by atoms with E-state index in [1.165, 1.54) is 0 Å². The molecule has 80 valence electrons. The number of carbonyl (C=O) groups excluding carboxylic acids is 2. The minimum atomic E-state index is -0.241. The molecule has 0 unspecified atom stereocenters. The lowest BCUT2D eigenvalue weighted by Crippen LogP contribution is -2.31. The maximum absolute atomic E-state index is 11.4. The second-order valence-corrected chi connectivity index (χ2v) is 3.25. The molecule has 1 saturated heterocycles. The first-order valence-electron chi connectivity index (χ1n) is 4.80. The van der Waals surface area contributed by atoms with Crippen LogP contribution in [0, 0.1) is 0 Å². The number of urea groups is 1. The molecular weight excluding hydrogens is 184 g/mol. The summed E-state index contributed by atoms with van der Waals surface area (Å²) in [6, 6.07) is -0.00528. The van der Waals surface area contributed by atoms with Gasteiger partial charge in [-0.3, -0.25) is 4.79 Å². The van der Waals surface area contributed by atoms with E-state index >= 15 is 0 Å². The number of hydrogen-bond donors (Lipinski definition) is 0. The van der Waals surface area contributed by atoms with E-state index in [9.17, 15) is 9.59 Å². The fraction of sp³-hybridized carbons (Fsp3) is 0.778. The summed E-state index contributed by atoms with van der Waals surface area (Å²) in [7, 11) is 1.76. The van der Waals surface area contributed by atoms with Gasteiger partial charge in [0.25, 0.3) is 0 Å². The molecule has 1 fully saturated rings. The topological polar surface area (TPSA) is 49.9 Å². The van der Waals surface area contributed by atoms with Crippen LogP contribution in [0.2, 0.25) is 0 Å². The van der Waals surface area contributed by atoms with Crippen LogP contribution in [0.5, 0.6) is 0 Å². The zero-order valence-corrected chi connectivity index (χ0v) is 8.65. The number of nitrogens with zero attached hydrogens (tertiary/aromatic N) is 2. The Kier molecular flexibility index (Phi) is 3.73. The van der Waals surface area contributed by atoms with Crippen molar-refractivity contribution in [2.45, 2.75) is 13.3 Å². The number of carbonyl (C=O) groups is 2. The first kappa shape index (κ1) is 10.8. The molecule has 0 saturated carbocycles. The fourth-order valence-corrected chi connectivity index (χ4v) is 1.37. The average Bonchev–Trinajstić information content (AvgIpc) is 2.46. The Morgan fingerprint density at radius 1 is 1.50 bits per heavy atom. The number of amides is 2. The molecule has 1 heterocycles. The standard InChI is InChI=1S/C9H16N2O3/c1-3-14-8(12)4-5-11-7-6-10(2)9(11)13/h3-7H2,1-2H3. The molecular formula is C9H16N2O3. The van der Waals surface area contributed by atoms with Gasteiger partial charge < -0.3 is 14.5 Å². The Hall–Kier alpha value is -1.26. The van der Waals surface area contributed by atoms with E-state index < -0.39 is 0 Å². The third-order valence-corrected chi connectivity index (χ3v) is 2.19. The number of esters is 1. The fourth-order valence-electron chi connectivity index (χ4n) is 1.37. The number of likely N-dealkylation sites (N-methyl/N-ethyl adjacent to an activating group) is 1. The number of hydrogen-bond acceptors (Lipinski definition) is 3. The highest BCUT2D eigenvalue weighted by atomic mass is 16.5. The monoisotopic (exact) mass is 200 g/mol. The van der Waals surface area contributed by atoms with Crippen molar-refractivity contribution >= 4 is 12.0 Å². The van der Waals surface area contributed by atoms with Gasteiger partial charge in [0.1, 0.15) is 0 Å². The molecule has 1 aliphatic rings. The number of ether oxygens (including phenoxy) is 1. The summed E-state index contributed by atoms with van der Waals surface area (Å²) >= 11 is 0. The molecule has 0 bridgehead atoms. The molecule has 2 amide bonds. The van der Waals surface area contributed by atoms with Crippen molar-refractivity contribution in [3.05, 3.63) is 0 Å². The molecule has 14 heavy (non-hydrogen) atoms. The largest absolute Gasteiger partial charge is 0.466 e. The van der Waals surface area contributed by atoms with Crippen LogP contribution in [-0.2, 0) is 9.53 Å². The predicted molar refractivity (Wildman–Crippen MR) is 50.8 cm³/mol. The second kappa shape index (κ2) is 4.83. The summed E-state index contributed by atoms with van der Waals surface area (Å²) in [4.78, 5) is 25.7. The Morgan fingerprint density at radius 3 is 2.71 bits per heavy atom. The van der Waals surface area contributed by atoms with Gasteiger partial charge in [-0.05, 0) is 6.92 Å². The summed E-state index contributed by atoms with van der Waals surface area (Å²) < 4.78 is 4.77. The van der Waals surface area contributed by atoms with Crippen LogP contribution in [0.1, 0.15) is 13.3 Å². The Balaban J connectivity index is 2.25. The summed E-state index contributed by atoms with van der Waals surface area (Å²) in [6.45, 7) is 4.07. The van der Waals surface area contributed by atoms with Crippen molar-refractivity contribution in [3.8, 4) is 0 Å². The third kappa shape index (κ3) is 2.61. The first-order chi connectivity index (χ1) is 6.65. The number of rotatable bonds is 4. The zero-order valence-electron chi connectivity index (χ0n) is 8.65. The van der Waals surface area contributed by atoms with Crippen LogP contribution in [0.3, 0.4) is 0 Å². The molecule has 0 aliphatic carbocycles. The van der Waals surface area contributed by atoms with Gasteiger partial charge in [-0.25, -0.2) is 4.79 Å². The molecule has 0 aromatic rings. The van der Waals surface area contributed by atoms with E-state index in [-0.39, 0.29) is 18.4 Å². The smallest absolute Gasteiger partial charge is 0.319 e. The molecule has 0 N–H and O–H groups in total. The summed E-state index contributed by atoms with van der Waals surface area (Å²) in [5.74, 6) is -0.241. The van der Waals surface area contributed by atoms with E-state index in [1.807, 2.05) is 0 Å². The highest BCUT2D eigenvalue weighted by Crippen LogP contribution is 2.06. The van der Waals surface area contributed by atoms with Crippen molar-refractivity contribution in [2.75, 3.05) is 33.3 Å². The zero-order chi connectivity index (χ0) is 10.6. The second-order valence-electron chi connectivity index (χ2n) is 3.25. The van der Waals surface area contributed by atoms with Gasteiger partial charge in [0, 0.05) is 26.7 Å². The lowest BCUT2D eigenvalue weighted by atomic mass is 10.4. The van der Waals surface area contributed by atoms with Crippen LogP contribution < -0.4 is 0 Å². The van der Waals surface area contributed by atoms with Crippen molar-refractivity contribution in [2.24, 2.45) is 0 Å². The Labute approximate surface area is 83.6 Å². The molecule has 1 rings (SSSR count). The van der Waals surface area contributed by atoms with Crippen molar-refractivity contribution in [1.82, 2.24) is 9.80 Å². The molecule has 0 aromatic carbocycles. The molecule has 5 nitrogen and oxygen atoms in total. The normalized spacial score (nSPS) is 16.3. The minimum Gasteiger partial charge on any atom is -0.466 e. The Bertz CT molecular complexity index is 230. The van der Waals surface area contributed by atoms with Crippen LogP contribution >= 0.6 is 0 Å². The van der Waals surface area contributed by atoms with Crippen LogP contribution in [0.15, 0.2) is 0 Å². The molecule has 0 aromatic heterocycles. The van der Waals surface area contributed by atoms with Gasteiger partial charge in [0.2, 0.25) is 0 Å². The molecule has 5 heteroatoms. The van der Waals surface area contributed by atoms with Gasteiger partial charge in [-0.15, -0.1) is 0 Å². The van der Waals surface area contributed by atoms with Gasteiger partial charge in [-0.1, -0.05) is 0 Å². The average molecular weight is 200 g/mol. The molecule has 0 radical (unpaired) electrons. The van der Waals surface area contributed by atoms with Crippen LogP contribution in [0.4, 0.5) is 4.79 Å². The van der Waals surface area contributed by atoms with Crippen molar-refractivity contribution < 1.29 is 14.3 Å². The maximum atomic E-state index is 11.4. The lowest BCUT2D eigenvalue weighted by Gasteiger charge is -2.14. The molecule has 0 atom stereocenters. The minimum absolute atomic E-state index is 0.00528. The van der Waals surface area contributed by atoms with Gasteiger partial charge in [0.05, 0.1) is 13.0 Å². The molecule has 1 aliphatic heterocycles. The predicted octanol–water partition coefficient (Wildman–Crippen LogP) is 0.307. The van der Waals surface area contributed by atoms with Crippen LogP contribution in [-0.4, -0.2) is 55.1 Å². The van der Waals surface area contributed by atoms with E-state index in [4.69, 9.17) is 4.74 Å². The summed E-state index contributed by atoms with van der Waals surface area (Å²) in [6.07, 6.45) is 0.285. The quantitative estimate of drug-likeness (QED) is 0.613. The van der Waals surface area contributed by atoms with E-state index in [1.54, 1.807) is 23.8 Å². The highest BCUT2D eigenvalue weighted by molar-refractivity contribution is 5.77. The Morgan fingerprint density at radius 2 is 2.21 bits per heavy atom. The van der Waals surface area contributed by atoms with Gasteiger partial charge >= 0.3 is 12.0 Å². The summed E-state index contributed by atoms with van der Waals surface area (Å²) in [5, 5.41) is 0. The van der Waals surface area contributed by atoms with Crippen molar-refractivity contribution in [3.63, 3.8) is 0 Å². The van der Waals surface area contributed by atoms with Gasteiger partial charge in [0.15, 0.2) is 0 Å². The highest BCUT2D eigenvalue weighted by Gasteiger charge is 2.25. The summed E-state index contributed by atoms with van der Waals surface area (Å²) in [5.41, 5.74) is 0. The lowest BCUT2D eigenvalue weighted by molar-refractivity contribution is -0.143.